The zero-order valence-electron chi connectivity index (χ0n) is 14.9. The Morgan fingerprint density at radius 1 is 0.897 bits per heavy atom. The minimum atomic E-state index is -4.80. The van der Waals surface area contributed by atoms with Crippen molar-refractivity contribution in [3.05, 3.63) is 64.4 Å². The molecule has 2 amide bonds. The minimum Gasteiger partial charge on any atom is -0.406 e. The van der Waals surface area contributed by atoms with E-state index in [1.165, 1.54) is 28.0 Å². The van der Waals surface area contributed by atoms with Crippen LogP contribution < -0.4 is 4.74 Å². The van der Waals surface area contributed by atoms with E-state index in [1.807, 2.05) is 0 Å². The number of nitrogens with zero attached hydrogens (tertiary/aromatic N) is 2. The van der Waals surface area contributed by atoms with Gasteiger partial charge in [0, 0.05) is 31.7 Å². The number of carbonyl (C=O) groups excluding carboxylic acids is 2. The SMILES string of the molecule is O=C(c1ccc(OC(F)(F)F)cc1)N1CCN(C(=O)c2ccc(F)cc2Cl)CC1. The van der Waals surface area contributed by atoms with Gasteiger partial charge in [0.15, 0.2) is 0 Å². The molecule has 5 nitrogen and oxygen atoms in total. The molecular weight excluding hydrogens is 416 g/mol. The van der Waals surface area contributed by atoms with E-state index in [0.29, 0.717) is 0 Å². The van der Waals surface area contributed by atoms with Crippen molar-refractivity contribution in [3.8, 4) is 5.75 Å². The largest absolute Gasteiger partial charge is 0.573 e. The lowest BCUT2D eigenvalue weighted by atomic mass is 10.1. The molecule has 0 spiro atoms. The lowest BCUT2D eigenvalue weighted by Gasteiger charge is -2.35. The number of halogens is 5. The molecule has 1 heterocycles. The topological polar surface area (TPSA) is 49.9 Å². The Labute approximate surface area is 168 Å². The molecule has 1 saturated heterocycles. The Bertz CT molecular complexity index is 911. The van der Waals surface area contributed by atoms with Crippen LogP contribution in [0.5, 0.6) is 5.75 Å². The van der Waals surface area contributed by atoms with Crippen LogP contribution in [0.2, 0.25) is 5.02 Å². The van der Waals surface area contributed by atoms with Gasteiger partial charge in [-0.25, -0.2) is 4.39 Å². The smallest absolute Gasteiger partial charge is 0.406 e. The number of alkyl halides is 3. The first-order valence-electron chi connectivity index (χ1n) is 8.53. The Morgan fingerprint density at radius 2 is 1.45 bits per heavy atom. The van der Waals surface area contributed by atoms with Crippen molar-refractivity contribution in [2.24, 2.45) is 0 Å². The van der Waals surface area contributed by atoms with Crippen molar-refractivity contribution < 1.29 is 31.9 Å². The second kappa shape index (κ2) is 8.28. The number of ether oxygens (including phenoxy) is 1. The van der Waals surface area contributed by atoms with E-state index in [-0.39, 0.29) is 54.1 Å². The molecule has 1 fully saturated rings. The summed E-state index contributed by atoms with van der Waals surface area (Å²) in [5.41, 5.74) is 0.383. The van der Waals surface area contributed by atoms with Gasteiger partial charge in [0.2, 0.25) is 0 Å². The Hall–Kier alpha value is -2.81. The highest BCUT2D eigenvalue weighted by Gasteiger charge is 2.31. The molecule has 0 aliphatic carbocycles. The predicted molar refractivity (Wildman–Crippen MR) is 96.3 cm³/mol. The van der Waals surface area contributed by atoms with Crippen LogP contribution in [0.3, 0.4) is 0 Å². The number of carbonyl (C=O) groups is 2. The van der Waals surface area contributed by atoms with Crippen molar-refractivity contribution in [3.63, 3.8) is 0 Å². The fourth-order valence-electron chi connectivity index (χ4n) is 2.93. The van der Waals surface area contributed by atoms with Gasteiger partial charge in [-0.3, -0.25) is 9.59 Å². The van der Waals surface area contributed by atoms with Crippen LogP contribution in [0.1, 0.15) is 20.7 Å². The minimum absolute atomic E-state index is 0.00896. The van der Waals surface area contributed by atoms with Crippen LogP contribution in [0, 0.1) is 5.82 Å². The molecule has 2 aromatic carbocycles. The molecule has 0 unspecified atom stereocenters. The average molecular weight is 431 g/mol. The molecule has 10 heteroatoms. The number of rotatable bonds is 3. The van der Waals surface area contributed by atoms with E-state index in [0.717, 1.165) is 24.3 Å². The summed E-state index contributed by atoms with van der Waals surface area (Å²) in [4.78, 5) is 28.1. The fourth-order valence-corrected chi connectivity index (χ4v) is 3.18. The van der Waals surface area contributed by atoms with Gasteiger partial charge in [0.1, 0.15) is 11.6 Å². The summed E-state index contributed by atoms with van der Waals surface area (Å²) in [6.07, 6.45) is -4.80. The van der Waals surface area contributed by atoms with Crippen molar-refractivity contribution in [2.75, 3.05) is 26.2 Å². The van der Waals surface area contributed by atoms with Gasteiger partial charge in [0.05, 0.1) is 10.6 Å². The van der Waals surface area contributed by atoms with Gasteiger partial charge >= 0.3 is 6.36 Å². The van der Waals surface area contributed by atoms with Gasteiger partial charge in [-0.2, -0.15) is 0 Å². The molecule has 0 radical (unpaired) electrons. The third-order valence-corrected chi connectivity index (χ3v) is 4.66. The van der Waals surface area contributed by atoms with Crippen LogP contribution >= 0.6 is 11.6 Å². The number of piperazine rings is 1. The second-order valence-corrected chi connectivity index (χ2v) is 6.69. The summed E-state index contributed by atoms with van der Waals surface area (Å²) in [6, 6.07) is 8.14. The van der Waals surface area contributed by atoms with E-state index in [2.05, 4.69) is 4.74 Å². The third kappa shape index (κ3) is 5.17. The summed E-state index contributed by atoms with van der Waals surface area (Å²) in [5, 5.41) is 0.00896. The third-order valence-electron chi connectivity index (χ3n) is 4.35. The standard InChI is InChI=1S/C19H15ClF4N2O3/c20-16-11-13(21)3-6-15(16)18(28)26-9-7-25(8-10-26)17(27)12-1-4-14(5-2-12)29-19(22,23)24/h1-6,11H,7-10H2. The number of benzene rings is 2. The monoisotopic (exact) mass is 430 g/mol. The molecule has 29 heavy (non-hydrogen) atoms. The zero-order chi connectivity index (χ0) is 21.2. The quantitative estimate of drug-likeness (QED) is 0.692. The van der Waals surface area contributed by atoms with Gasteiger partial charge in [-0.1, -0.05) is 11.6 Å². The Morgan fingerprint density at radius 3 is 1.97 bits per heavy atom. The van der Waals surface area contributed by atoms with E-state index >= 15 is 0 Å². The summed E-state index contributed by atoms with van der Waals surface area (Å²) in [6.45, 7) is 0.968. The van der Waals surface area contributed by atoms with Crippen molar-refractivity contribution in [1.29, 1.82) is 0 Å². The molecule has 0 atom stereocenters. The maximum absolute atomic E-state index is 13.1. The molecular formula is C19H15ClF4N2O3. The lowest BCUT2D eigenvalue weighted by Crippen LogP contribution is -2.50. The molecule has 0 N–H and O–H groups in total. The summed E-state index contributed by atoms with van der Waals surface area (Å²) >= 11 is 5.92. The van der Waals surface area contributed by atoms with Crippen molar-refractivity contribution >= 4 is 23.4 Å². The molecule has 1 aliphatic heterocycles. The second-order valence-electron chi connectivity index (χ2n) is 6.28. The molecule has 0 bridgehead atoms. The molecule has 1 aliphatic rings. The maximum atomic E-state index is 13.1. The first-order valence-corrected chi connectivity index (χ1v) is 8.91. The van der Waals surface area contributed by atoms with Crippen LogP contribution in [0.25, 0.3) is 0 Å². The highest BCUT2D eigenvalue weighted by molar-refractivity contribution is 6.33. The van der Waals surface area contributed by atoms with Gasteiger partial charge in [-0.05, 0) is 42.5 Å². The lowest BCUT2D eigenvalue weighted by molar-refractivity contribution is -0.274. The summed E-state index contributed by atoms with van der Waals surface area (Å²) in [7, 11) is 0. The van der Waals surface area contributed by atoms with E-state index < -0.39 is 17.9 Å². The molecule has 0 aromatic heterocycles. The molecule has 0 saturated carbocycles. The molecule has 3 rings (SSSR count). The first-order chi connectivity index (χ1) is 13.6. The van der Waals surface area contributed by atoms with Crippen molar-refractivity contribution in [2.45, 2.75) is 6.36 Å². The van der Waals surface area contributed by atoms with E-state index in [9.17, 15) is 27.2 Å². The van der Waals surface area contributed by atoms with Crippen molar-refractivity contribution in [1.82, 2.24) is 9.80 Å². The Balaban J connectivity index is 1.60. The number of hydrogen-bond acceptors (Lipinski definition) is 3. The van der Waals surface area contributed by atoms with Crippen LogP contribution in [-0.4, -0.2) is 54.2 Å². The Kier molecular flexibility index (Phi) is 5.97. The summed E-state index contributed by atoms with van der Waals surface area (Å²) < 4.78 is 53.5. The number of amides is 2. The molecule has 154 valence electrons. The maximum Gasteiger partial charge on any atom is 0.573 e. The van der Waals surface area contributed by atoms with E-state index in [4.69, 9.17) is 11.6 Å². The van der Waals surface area contributed by atoms with Gasteiger partial charge < -0.3 is 14.5 Å². The summed E-state index contributed by atoms with van der Waals surface area (Å²) in [5.74, 6) is -1.69. The van der Waals surface area contributed by atoms with Gasteiger partial charge in [0.25, 0.3) is 11.8 Å². The van der Waals surface area contributed by atoms with Gasteiger partial charge in [-0.15, -0.1) is 13.2 Å². The van der Waals surface area contributed by atoms with E-state index in [1.54, 1.807) is 0 Å². The molecule has 2 aromatic rings. The predicted octanol–water partition coefficient (Wildman–Crippen LogP) is 3.98. The highest BCUT2D eigenvalue weighted by atomic mass is 35.5. The van der Waals surface area contributed by atoms with Crippen LogP contribution in [-0.2, 0) is 0 Å². The zero-order valence-corrected chi connectivity index (χ0v) is 15.6. The highest BCUT2D eigenvalue weighted by Crippen LogP contribution is 2.24. The fraction of sp³-hybridized carbons (Fsp3) is 0.263. The first kappa shape index (κ1) is 20.9. The van der Waals surface area contributed by atoms with Crippen LogP contribution in [0.15, 0.2) is 42.5 Å². The normalized spacial score (nSPS) is 14.7. The van der Waals surface area contributed by atoms with Crippen LogP contribution in [0.4, 0.5) is 17.6 Å². The average Bonchev–Trinajstić information content (AvgIpc) is 2.66. The number of hydrogen-bond donors (Lipinski definition) is 0.